The second-order valence-corrected chi connectivity index (χ2v) is 11.7. The highest BCUT2D eigenvalue weighted by Crippen LogP contribution is 2.38. The first-order chi connectivity index (χ1) is 19.0. The van der Waals surface area contributed by atoms with E-state index < -0.39 is 6.04 Å². The molecule has 2 aromatic carbocycles. The lowest BCUT2D eigenvalue weighted by molar-refractivity contribution is -0.146. The summed E-state index contributed by atoms with van der Waals surface area (Å²) in [5.41, 5.74) is 3.47. The molecule has 39 heavy (non-hydrogen) atoms. The third kappa shape index (κ3) is 6.85. The molecule has 0 saturated heterocycles. The van der Waals surface area contributed by atoms with Gasteiger partial charge in [0.2, 0.25) is 11.1 Å². The fraction of sp³-hybridized carbons (Fsp3) is 0.452. The smallest absolute Gasteiger partial charge is 0.338 e. The number of carbonyl (C=O) groups is 1. The van der Waals surface area contributed by atoms with Crippen molar-refractivity contribution in [1.29, 1.82) is 0 Å². The van der Waals surface area contributed by atoms with Crippen LogP contribution in [0, 0.1) is 5.92 Å². The fourth-order valence-corrected chi connectivity index (χ4v) is 5.83. The lowest BCUT2D eigenvalue weighted by Gasteiger charge is -2.30. The van der Waals surface area contributed by atoms with Gasteiger partial charge in [-0.05, 0) is 68.2 Å². The Labute approximate surface area is 235 Å². The standard InChI is InChI=1S/C31H38N4O3S/c1-21(2)18-19-37-25-16-14-24(15-17-25)28-27(29(36)38-26-12-8-5-9-13-26)22(3)32-30-33-31(34-35(28)30)39-20-23-10-6-4-7-11-23/h4,6-7,10-11,14-17,21,26,28H,5,8-9,12-13,18-20H2,1-3H3,(H,32,33,34). The van der Waals surface area contributed by atoms with Gasteiger partial charge in [0, 0.05) is 11.4 Å². The van der Waals surface area contributed by atoms with Crippen molar-refractivity contribution in [2.75, 3.05) is 11.9 Å². The van der Waals surface area contributed by atoms with Gasteiger partial charge < -0.3 is 14.8 Å². The normalized spacial score (nSPS) is 17.6. The topological polar surface area (TPSA) is 78.3 Å². The molecule has 1 N–H and O–H groups in total. The Morgan fingerprint density at radius 1 is 1.08 bits per heavy atom. The summed E-state index contributed by atoms with van der Waals surface area (Å²) in [6, 6.07) is 17.8. The lowest BCUT2D eigenvalue weighted by Crippen LogP contribution is -2.32. The first kappa shape index (κ1) is 27.3. The second kappa shape index (κ2) is 12.7. The molecule has 0 radical (unpaired) electrons. The zero-order valence-corrected chi connectivity index (χ0v) is 23.9. The Hall–Kier alpha value is -3.26. The molecule has 1 aromatic heterocycles. The Bertz CT molecular complexity index is 1280. The molecule has 2 aliphatic rings. The van der Waals surface area contributed by atoms with Gasteiger partial charge in [0.15, 0.2) is 0 Å². The van der Waals surface area contributed by atoms with E-state index in [1.54, 1.807) is 11.8 Å². The second-order valence-electron chi connectivity index (χ2n) is 10.8. The van der Waals surface area contributed by atoms with Gasteiger partial charge in [-0.1, -0.05) is 74.5 Å². The summed E-state index contributed by atoms with van der Waals surface area (Å²) in [5, 5.41) is 8.85. The summed E-state index contributed by atoms with van der Waals surface area (Å²) in [6.07, 6.45) is 6.23. The van der Waals surface area contributed by atoms with Crippen molar-refractivity contribution in [2.45, 2.75) is 82.4 Å². The third-order valence-corrected chi connectivity index (χ3v) is 8.16. The summed E-state index contributed by atoms with van der Waals surface area (Å²) in [7, 11) is 0. The molecule has 0 amide bonds. The van der Waals surface area contributed by atoms with Crippen LogP contribution >= 0.6 is 11.8 Å². The first-order valence-corrected chi connectivity index (χ1v) is 15.0. The molecule has 0 spiro atoms. The number of aromatic nitrogens is 3. The molecule has 1 unspecified atom stereocenters. The van der Waals surface area contributed by atoms with E-state index in [2.05, 4.69) is 31.3 Å². The van der Waals surface area contributed by atoms with Gasteiger partial charge in [0.05, 0.1) is 12.2 Å². The SMILES string of the molecule is CC1=C(C(=O)OC2CCCCC2)C(c2ccc(OCCC(C)C)cc2)n2nc(SCc3ccccc3)nc2N1. The molecule has 3 aromatic rings. The van der Waals surface area contributed by atoms with Crippen molar-refractivity contribution in [3.05, 3.63) is 77.0 Å². The van der Waals surface area contributed by atoms with Crippen LogP contribution in [0.25, 0.3) is 0 Å². The summed E-state index contributed by atoms with van der Waals surface area (Å²) < 4.78 is 13.8. The van der Waals surface area contributed by atoms with Crippen LogP contribution in [0.4, 0.5) is 5.95 Å². The largest absolute Gasteiger partial charge is 0.494 e. The fourth-order valence-electron chi connectivity index (χ4n) is 5.04. The molecule has 1 aliphatic carbocycles. The molecule has 2 heterocycles. The minimum Gasteiger partial charge on any atom is -0.494 e. The first-order valence-electron chi connectivity index (χ1n) is 14.0. The van der Waals surface area contributed by atoms with Gasteiger partial charge in [-0.25, -0.2) is 9.48 Å². The van der Waals surface area contributed by atoms with Crippen LogP contribution < -0.4 is 10.1 Å². The van der Waals surface area contributed by atoms with E-state index >= 15 is 0 Å². The highest BCUT2D eigenvalue weighted by Gasteiger charge is 2.36. The Morgan fingerprint density at radius 2 is 1.82 bits per heavy atom. The number of ether oxygens (including phenoxy) is 2. The third-order valence-electron chi connectivity index (χ3n) is 7.25. The monoisotopic (exact) mass is 546 g/mol. The highest BCUT2D eigenvalue weighted by atomic mass is 32.2. The Kier molecular flexibility index (Phi) is 8.91. The van der Waals surface area contributed by atoms with Crippen LogP contribution in [0.3, 0.4) is 0 Å². The molecule has 1 fully saturated rings. The molecule has 1 saturated carbocycles. The van der Waals surface area contributed by atoms with E-state index in [0.29, 0.717) is 29.2 Å². The number of thioether (sulfide) groups is 1. The summed E-state index contributed by atoms with van der Waals surface area (Å²) in [5.74, 6) is 2.51. The molecule has 206 valence electrons. The minimum atomic E-state index is -0.444. The summed E-state index contributed by atoms with van der Waals surface area (Å²) >= 11 is 1.58. The zero-order valence-electron chi connectivity index (χ0n) is 23.1. The Balaban J connectivity index is 1.42. The average Bonchev–Trinajstić information content (AvgIpc) is 3.35. The number of fused-ring (bicyclic) bond motifs is 1. The van der Waals surface area contributed by atoms with Crippen molar-refractivity contribution < 1.29 is 14.3 Å². The molecule has 7 nitrogen and oxygen atoms in total. The number of anilines is 1. The van der Waals surface area contributed by atoms with E-state index in [9.17, 15) is 4.79 Å². The van der Waals surface area contributed by atoms with E-state index in [1.807, 2.05) is 54.1 Å². The van der Waals surface area contributed by atoms with E-state index in [4.69, 9.17) is 19.6 Å². The van der Waals surface area contributed by atoms with Crippen LogP contribution in [0.2, 0.25) is 0 Å². The number of nitrogens with zero attached hydrogens (tertiary/aromatic N) is 3. The number of hydrogen-bond acceptors (Lipinski definition) is 7. The van der Waals surface area contributed by atoms with Crippen molar-refractivity contribution in [3.8, 4) is 5.75 Å². The van der Waals surface area contributed by atoms with Crippen LogP contribution in [-0.4, -0.2) is 33.4 Å². The lowest BCUT2D eigenvalue weighted by atomic mass is 9.95. The van der Waals surface area contributed by atoms with Crippen molar-refractivity contribution in [1.82, 2.24) is 14.8 Å². The van der Waals surface area contributed by atoms with Crippen molar-refractivity contribution >= 4 is 23.7 Å². The number of esters is 1. The molecule has 5 rings (SSSR count). The minimum absolute atomic E-state index is 0.0296. The molecule has 1 atom stereocenters. The number of hydrogen-bond donors (Lipinski definition) is 1. The van der Waals surface area contributed by atoms with E-state index in [-0.39, 0.29) is 12.1 Å². The number of nitrogens with one attached hydrogen (secondary N) is 1. The van der Waals surface area contributed by atoms with Gasteiger partial charge >= 0.3 is 5.97 Å². The maximum absolute atomic E-state index is 13.6. The van der Waals surface area contributed by atoms with Crippen LogP contribution in [0.5, 0.6) is 5.75 Å². The number of rotatable bonds is 10. The predicted molar refractivity (Wildman–Crippen MR) is 155 cm³/mol. The number of carbonyl (C=O) groups excluding carboxylic acids is 1. The van der Waals surface area contributed by atoms with E-state index in [0.717, 1.165) is 54.9 Å². The van der Waals surface area contributed by atoms with Gasteiger partial charge in [-0.2, -0.15) is 4.98 Å². The van der Waals surface area contributed by atoms with Gasteiger partial charge in [-0.3, -0.25) is 0 Å². The maximum atomic E-state index is 13.6. The molecule has 1 aliphatic heterocycles. The van der Waals surface area contributed by atoms with Crippen LogP contribution in [0.15, 0.2) is 71.0 Å². The molecular formula is C31H38N4O3S. The van der Waals surface area contributed by atoms with Gasteiger partial charge in [0.25, 0.3) is 0 Å². The average molecular weight is 547 g/mol. The van der Waals surface area contributed by atoms with E-state index in [1.165, 1.54) is 12.0 Å². The van der Waals surface area contributed by atoms with Crippen molar-refractivity contribution in [2.24, 2.45) is 5.92 Å². The zero-order chi connectivity index (χ0) is 27.2. The van der Waals surface area contributed by atoms with Gasteiger partial charge in [-0.15, -0.1) is 5.10 Å². The van der Waals surface area contributed by atoms with Crippen LogP contribution in [-0.2, 0) is 15.3 Å². The molecule has 0 bridgehead atoms. The summed E-state index contributed by atoms with van der Waals surface area (Å²) in [6.45, 7) is 6.98. The summed E-state index contributed by atoms with van der Waals surface area (Å²) in [4.78, 5) is 18.4. The quantitative estimate of drug-likeness (QED) is 0.213. The Morgan fingerprint density at radius 3 is 2.54 bits per heavy atom. The van der Waals surface area contributed by atoms with Crippen LogP contribution in [0.1, 0.15) is 76.5 Å². The predicted octanol–water partition coefficient (Wildman–Crippen LogP) is 7.16. The highest BCUT2D eigenvalue weighted by molar-refractivity contribution is 7.98. The van der Waals surface area contributed by atoms with Gasteiger partial charge in [0.1, 0.15) is 17.9 Å². The maximum Gasteiger partial charge on any atom is 0.338 e. The molecular weight excluding hydrogens is 508 g/mol. The number of benzene rings is 2. The van der Waals surface area contributed by atoms with Crippen molar-refractivity contribution in [3.63, 3.8) is 0 Å². The number of allylic oxidation sites excluding steroid dienone is 1. The molecule has 8 heteroatoms.